The van der Waals surface area contributed by atoms with Gasteiger partial charge in [-0.1, -0.05) is 139 Å². The molecular weight excluding hydrogens is 448 g/mol. The van der Waals surface area contributed by atoms with Crippen LogP contribution >= 0.6 is 0 Å². The SMILES string of the molecule is CC.CC.CC.CCC.CCCC.C\C=C/C(=C\C=C\CCCCC)CCCCN(C)N(C)C(C)(C)C. The predicted octanol–water partition coefficient (Wildman–Crippen LogP) is 12.7. The fourth-order valence-corrected chi connectivity index (χ4v) is 2.57. The predicted molar refractivity (Wildman–Crippen MR) is 181 cm³/mol. The van der Waals surface area contributed by atoms with E-state index in [1.54, 1.807) is 0 Å². The Balaban J connectivity index is -0.000000155. The van der Waals surface area contributed by atoms with Gasteiger partial charge in [-0.05, 0) is 65.4 Å². The van der Waals surface area contributed by atoms with Crippen molar-refractivity contribution >= 4 is 0 Å². The van der Waals surface area contributed by atoms with Crippen molar-refractivity contribution in [2.75, 3.05) is 20.6 Å². The Morgan fingerprint density at radius 3 is 1.57 bits per heavy atom. The molecule has 0 heterocycles. The molecule has 0 radical (unpaired) electrons. The Morgan fingerprint density at radius 1 is 0.703 bits per heavy atom. The van der Waals surface area contributed by atoms with E-state index in [4.69, 9.17) is 0 Å². The molecule has 0 amide bonds. The van der Waals surface area contributed by atoms with Crippen molar-refractivity contribution in [1.29, 1.82) is 0 Å². The van der Waals surface area contributed by atoms with E-state index in [9.17, 15) is 0 Å². The van der Waals surface area contributed by atoms with Crippen molar-refractivity contribution < 1.29 is 0 Å². The third kappa shape index (κ3) is 48.7. The molecule has 0 N–H and O–H groups in total. The maximum Gasteiger partial charge on any atom is 0.0269 e. The van der Waals surface area contributed by atoms with Crippen molar-refractivity contribution in [2.24, 2.45) is 0 Å². The fourth-order valence-electron chi connectivity index (χ4n) is 2.57. The maximum atomic E-state index is 2.34. The quantitative estimate of drug-likeness (QED) is 0.134. The van der Waals surface area contributed by atoms with Gasteiger partial charge < -0.3 is 0 Å². The number of nitrogens with zero attached hydrogens (tertiary/aromatic N) is 2. The highest BCUT2D eigenvalue weighted by Crippen LogP contribution is 2.14. The van der Waals surface area contributed by atoms with Crippen molar-refractivity contribution in [3.8, 4) is 0 Å². The van der Waals surface area contributed by atoms with Gasteiger partial charge in [0.25, 0.3) is 0 Å². The zero-order valence-corrected chi connectivity index (χ0v) is 29.6. The van der Waals surface area contributed by atoms with Crippen LogP contribution in [0.15, 0.2) is 36.0 Å². The average molecular weight is 527 g/mol. The first-order chi connectivity index (χ1) is 17.7. The molecule has 0 aliphatic carbocycles. The van der Waals surface area contributed by atoms with Crippen LogP contribution in [0.3, 0.4) is 0 Å². The molecule has 0 aromatic carbocycles. The van der Waals surface area contributed by atoms with Crippen molar-refractivity contribution in [3.05, 3.63) is 36.0 Å². The lowest BCUT2D eigenvalue weighted by molar-refractivity contribution is -0.0481. The van der Waals surface area contributed by atoms with Crippen molar-refractivity contribution in [1.82, 2.24) is 10.0 Å². The summed E-state index contributed by atoms with van der Waals surface area (Å²) in [5.41, 5.74) is 1.63. The zero-order chi connectivity index (χ0) is 30.5. The Labute approximate surface area is 240 Å². The second-order valence-corrected chi connectivity index (χ2v) is 9.41. The van der Waals surface area contributed by atoms with Gasteiger partial charge in [0.2, 0.25) is 0 Å². The van der Waals surface area contributed by atoms with Gasteiger partial charge in [-0.3, -0.25) is 0 Å². The Morgan fingerprint density at radius 2 is 1.19 bits per heavy atom. The molecule has 0 aliphatic heterocycles. The summed E-state index contributed by atoms with van der Waals surface area (Å²) in [5, 5.41) is 4.67. The monoisotopic (exact) mass is 527 g/mol. The molecule has 0 aromatic rings. The Bertz CT molecular complexity index is 425. The minimum absolute atomic E-state index is 0.188. The highest BCUT2D eigenvalue weighted by atomic mass is 15.6. The van der Waals surface area contributed by atoms with Gasteiger partial charge in [-0.15, -0.1) is 0 Å². The molecule has 0 saturated heterocycles. The Kier molecular flexibility index (Phi) is 59.9. The number of hydrogen-bond donors (Lipinski definition) is 0. The first-order valence-corrected chi connectivity index (χ1v) is 16.1. The van der Waals surface area contributed by atoms with Crippen LogP contribution in [-0.4, -0.2) is 36.2 Å². The normalized spacial score (nSPS) is 10.8. The first kappa shape index (κ1) is 49.1. The van der Waals surface area contributed by atoms with E-state index < -0.39 is 0 Å². The lowest BCUT2D eigenvalue weighted by atomic mass is 10.1. The van der Waals surface area contributed by atoms with Gasteiger partial charge >= 0.3 is 0 Å². The van der Waals surface area contributed by atoms with Gasteiger partial charge in [0.05, 0.1) is 0 Å². The lowest BCUT2D eigenvalue weighted by Gasteiger charge is -2.39. The van der Waals surface area contributed by atoms with Crippen LogP contribution in [0.4, 0.5) is 0 Å². The topological polar surface area (TPSA) is 6.48 Å². The highest BCUT2D eigenvalue weighted by Gasteiger charge is 2.20. The Hall–Kier alpha value is -0.860. The van der Waals surface area contributed by atoms with Crippen LogP contribution in [0.1, 0.15) is 168 Å². The molecule has 0 saturated carbocycles. The minimum Gasteiger partial charge on any atom is -0.245 e. The zero-order valence-electron chi connectivity index (χ0n) is 29.6. The number of unbranched alkanes of at least 4 members (excludes halogenated alkanes) is 5. The summed E-state index contributed by atoms with van der Waals surface area (Å²) < 4.78 is 0. The standard InChI is InChI=1S/C22H42N2.C4H10.C3H8.3C2H6/c1-8-10-11-12-13-14-18-21(17-9-2)19-15-16-20-23(6)24(7)22(3,4)5;1-3-4-2;1-3-2;3*1-2/h9,13-14,17-18H,8,10-12,15-16,19-20H2,1-7H3;3-4H2,1-2H3;3H2,1-2H3;3*1-2H3/b14-13+,17-9-,21-18+;;;;;. The van der Waals surface area contributed by atoms with E-state index in [-0.39, 0.29) is 5.54 Å². The molecular formula is C35H78N2. The van der Waals surface area contributed by atoms with Gasteiger partial charge in [0.15, 0.2) is 0 Å². The van der Waals surface area contributed by atoms with Crippen LogP contribution in [0, 0.1) is 0 Å². The summed E-state index contributed by atoms with van der Waals surface area (Å²) in [6.45, 7) is 32.8. The largest absolute Gasteiger partial charge is 0.245 e. The minimum atomic E-state index is 0.188. The third-order valence-corrected chi connectivity index (χ3v) is 4.98. The molecule has 2 heteroatoms. The van der Waals surface area contributed by atoms with Gasteiger partial charge in [0, 0.05) is 26.2 Å². The molecule has 0 bridgehead atoms. The summed E-state index contributed by atoms with van der Waals surface area (Å²) in [5.74, 6) is 0. The number of rotatable bonds is 13. The lowest BCUT2D eigenvalue weighted by Crippen LogP contribution is -2.48. The molecule has 0 atom stereocenters. The van der Waals surface area contributed by atoms with Crippen LogP contribution in [0.25, 0.3) is 0 Å². The molecule has 0 fully saturated rings. The average Bonchev–Trinajstić information content (AvgIpc) is 2.91. The second kappa shape index (κ2) is 45.1. The fraction of sp³-hybridized carbons (Fsp3) is 0.829. The first-order valence-electron chi connectivity index (χ1n) is 16.1. The number of hydrogen-bond acceptors (Lipinski definition) is 2. The van der Waals surface area contributed by atoms with Crippen molar-refractivity contribution in [2.45, 2.75) is 174 Å². The molecule has 0 aliphatic rings. The van der Waals surface area contributed by atoms with E-state index in [1.807, 2.05) is 41.5 Å². The van der Waals surface area contributed by atoms with Crippen LogP contribution in [-0.2, 0) is 0 Å². The summed E-state index contributed by atoms with van der Waals surface area (Å²) in [6, 6.07) is 0. The summed E-state index contributed by atoms with van der Waals surface area (Å²) in [7, 11) is 4.36. The molecule has 0 aromatic heterocycles. The molecule has 228 valence electrons. The molecule has 0 unspecified atom stereocenters. The van der Waals surface area contributed by atoms with Crippen LogP contribution in [0.5, 0.6) is 0 Å². The van der Waals surface area contributed by atoms with Gasteiger partial charge in [-0.2, -0.15) is 0 Å². The van der Waals surface area contributed by atoms with Crippen LogP contribution in [0.2, 0.25) is 0 Å². The maximum absolute atomic E-state index is 2.34. The van der Waals surface area contributed by atoms with Crippen LogP contribution < -0.4 is 0 Å². The second-order valence-electron chi connectivity index (χ2n) is 9.41. The number of allylic oxidation sites excluding steroid dienone is 6. The highest BCUT2D eigenvalue weighted by molar-refractivity contribution is 5.23. The van der Waals surface area contributed by atoms with E-state index in [1.165, 1.54) is 63.4 Å². The summed E-state index contributed by atoms with van der Waals surface area (Å²) >= 11 is 0. The van der Waals surface area contributed by atoms with E-state index >= 15 is 0 Å². The molecule has 0 rings (SSSR count). The van der Waals surface area contributed by atoms with E-state index in [0.29, 0.717) is 0 Å². The molecule has 37 heavy (non-hydrogen) atoms. The van der Waals surface area contributed by atoms with Gasteiger partial charge in [-0.25, -0.2) is 10.0 Å². The number of hydrazine groups is 1. The van der Waals surface area contributed by atoms with E-state index in [2.05, 4.69) is 117 Å². The van der Waals surface area contributed by atoms with Gasteiger partial charge in [0.1, 0.15) is 0 Å². The summed E-state index contributed by atoms with van der Waals surface area (Å²) in [6.07, 6.45) is 23.9. The van der Waals surface area contributed by atoms with Crippen molar-refractivity contribution in [3.63, 3.8) is 0 Å². The smallest absolute Gasteiger partial charge is 0.0269 e. The molecule has 2 nitrogen and oxygen atoms in total. The summed E-state index contributed by atoms with van der Waals surface area (Å²) in [4.78, 5) is 0. The third-order valence-electron chi connectivity index (χ3n) is 4.98. The van der Waals surface area contributed by atoms with E-state index in [0.717, 1.165) is 13.0 Å². The molecule has 0 spiro atoms.